The van der Waals surface area contributed by atoms with Crippen molar-refractivity contribution in [3.63, 3.8) is 0 Å². The van der Waals surface area contributed by atoms with E-state index in [1.807, 2.05) is 18.2 Å². The number of fused-ring (bicyclic) bond motifs is 1. The van der Waals surface area contributed by atoms with Crippen molar-refractivity contribution in [2.24, 2.45) is 5.92 Å². The molecule has 0 bridgehead atoms. The minimum atomic E-state index is -0.801. The van der Waals surface area contributed by atoms with Crippen molar-refractivity contribution in [2.45, 2.75) is 32.9 Å². The van der Waals surface area contributed by atoms with Gasteiger partial charge in [-0.2, -0.15) is 0 Å². The number of hydrogen-bond acceptors (Lipinski definition) is 3. The Labute approximate surface area is 130 Å². The summed E-state index contributed by atoms with van der Waals surface area (Å²) in [5.74, 6) is -1.27. The van der Waals surface area contributed by atoms with Crippen LogP contribution in [0.25, 0.3) is 0 Å². The summed E-state index contributed by atoms with van der Waals surface area (Å²) in [5.41, 5.74) is 3.20. The number of likely N-dealkylation sites (tertiary alicyclic amines) is 1. The average molecular weight is 302 g/mol. The number of carbonyl (C=O) groups excluding carboxylic acids is 1. The number of carbonyl (C=O) groups is 2. The van der Waals surface area contributed by atoms with Crippen LogP contribution >= 0.6 is 0 Å². The number of carboxylic acids is 1. The monoisotopic (exact) mass is 302 g/mol. The van der Waals surface area contributed by atoms with E-state index in [0.29, 0.717) is 25.1 Å². The average Bonchev–Trinajstić information content (AvgIpc) is 2.96. The van der Waals surface area contributed by atoms with E-state index in [9.17, 15) is 9.59 Å². The zero-order chi connectivity index (χ0) is 15.7. The Morgan fingerprint density at radius 3 is 2.77 bits per heavy atom. The Balaban J connectivity index is 1.74. The first-order valence-electron chi connectivity index (χ1n) is 7.94. The van der Waals surface area contributed by atoms with E-state index in [1.165, 1.54) is 11.1 Å². The van der Waals surface area contributed by atoms with Gasteiger partial charge in [-0.15, -0.1) is 0 Å². The van der Waals surface area contributed by atoms with Crippen LogP contribution in [-0.2, 0) is 17.9 Å². The molecule has 1 amide bonds. The van der Waals surface area contributed by atoms with Gasteiger partial charge in [0.05, 0.1) is 5.92 Å². The van der Waals surface area contributed by atoms with E-state index in [2.05, 4.69) is 11.8 Å². The number of benzene rings is 1. The van der Waals surface area contributed by atoms with Crippen LogP contribution < -0.4 is 0 Å². The van der Waals surface area contributed by atoms with Crippen molar-refractivity contribution in [1.29, 1.82) is 0 Å². The molecule has 3 rings (SSSR count). The topological polar surface area (TPSA) is 60.9 Å². The normalized spacial score (nSPS) is 21.7. The lowest BCUT2D eigenvalue weighted by Gasteiger charge is -2.30. The van der Waals surface area contributed by atoms with Crippen LogP contribution in [0.4, 0.5) is 0 Å². The van der Waals surface area contributed by atoms with E-state index in [0.717, 1.165) is 26.1 Å². The summed E-state index contributed by atoms with van der Waals surface area (Å²) in [6.45, 7) is 5.96. The van der Waals surface area contributed by atoms with Crippen molar-refractivity contribution >= 4 is 11.9 Å². The van der Waals surface area contributed by atoms with Gasteiger partial charge in [-0.3, -0.25) is 14.5 Å². The highest BCUT2D eigenvalue weighted by Crippen LogP contribution is 2.25. The Morgan fingerprint density at radius 2 is 2.05 bits per heavy atom. The van der Waals surface area contributed by atoms with Gasteiger partial charge in [0.25, 0.3) is 5.91 Å². The second-order valence-electron chi connectivity index (χ2n) is 6.22. The summed E-state index contributed by atoms with van der Waals surface area (Å²) >= 11 is 0. The molecule has 118 valence electrons. The molecule has 5 nitrogen and oxygen atoms in total. The molecular formula is C17H22N2O3. The second-order valence-corrected chi connectivity index (χ2v) is 6.22. The molecule has 1 atom stereocenters. The molecule has 2 aliphatic heterocycles. The first-order valence-corrected chi connectivity index (χ1v) is 7.94. The second kappa shape index (κ2) is 6.08. The van der Waals surface area contributed by atoms with Gasteiger partial charge in [0.1, 0.15) is 0 Å². The Kier molecular flexibility index (Phi) is 4.16. The molecule has 22 heavy (non-hydrogen) atoms. The van der Waals surface area contributed by atoms with Crippen LogP contribution in [-0.4, -0.2) is 46.4 Å². The largest absolute Gasteiger partial charge is 0.481 e. The van der Waals surface area contributed by atoms with Crippen LogP contribution in [0.5, 0.6) is 0 Å². The van der Waals surface area contributed by atoms with E-state index in [-0.39, 0.29) is 5.91 Å². The highest BCUT2D eigenvalue weighted by Gasteiger charge is 2.29. The fourth-order valence-corrected chi connectivity index (χ4v) is 3.37. The van der Waals surface area contributed by atoms with Crippen molar-refractivity contribution in [3.05, 3.63) is 34.9 Å². The molecule has 5 heteroatoms. The van der Waals surface area contributed by atoms with Crippen LogP contribution in [0.3, 0.4) is 0 Å². The summed E-state index contributed by atoms with van der Waals surface area (Å²) in [7, 11) is 0. The Hall–Kier alpha value is -1.88. The maximum atomic E-state index is 12.6. The Morgan fingerprint density at radius 1 is 1.27 bits per heavy atom. The van der Waals surface area contributed by atoms with Gasteiger partial charge in [-0.25, -0.2) is 0 Å². The lowest BCUT2D eigenvalue weighted by Crippen LogP contribution is -2.42. The zero-order valence-electron chi connectivity index (χ0n) is 12.9. The predicted octanol–water partition coefficient (Wildman–Crippen LogP) is 1.96. The summed E-state index contributed by atoms with van der Waals surface area (Å²) in [5, 5.41) is 9.15. The number of nitrogens with zero attached hydrogens (tertiary/aromatic N) is 2. The minimum absolute atomic E-state index is 0.0382. The van der Waals surface area contributed by atoms with Crippen molar-refractivity contribution in [2.75, 3.05) is 19.6 Å². The molecule has 1 aromatic carbocycles. The molecule has 2 aliphatic rings. The fraction of sp³-hybridized carbons (Fsp3) is 0.529. The van der Waals surface area contributed by atoms with Gasteiger partial charge in [-0.1, -0.05) is 13.0 Å². The molecule has 1 aromatic rings. The quantitative estimate of drug-likeness (QED) is 0.927. The highest BCUT2D eigenvalue weighted by atomic mass is 16.4. The summed E-state index contributed by atoms with van der Waals surface area (Å²) < 4.78 is 0. The van der Waals surface area contributed by atoms with Gasteiger partial charge in [0, 0.05) is 31.7 Å². The SMILES string of the molecule is CCN1Cc2ccc(C(=O)N3CCCC(C(=O)O)C3)cc2C1. The molecule has 1 unspecified atom stereocenters. The number of aliphatic carboxylic acids is 1. The third kappa shape index (κ3) is 2.86. The molecule has 0 aromatic heterocycles. The molecule has 1 fully saturated rings. The molecule has 0 spiro atoms. The number of carboxylic acid groups (broad SMARTS) is 1. The van der Waals surface area contributed by atoms with Crippen molar-refractivity contribution < 1.29 is 14.7 Å². The summed E-state index contributed by atoms with van der Waals surface area (Å²) in [6.07, 6.45) is 1.42. The van der Waals surface area contributed by atoms with E-state index in [4.69, 9.17) is 5.11 Å². The van der Waals surface area contributed by atoms with Crippen LogP contribution in [0.1, 0.15) is 41.3 Å². The van der Waals surface area contributed by atoms with Gasteiger partial charge < -0.3 is 10.0 Å². The molecule has 2 heterocycles. The van der Waals surface area contributed by atoms with Crippen LogP contribution in [0.15, 0.2) is 18.2 Å². The number of hydrogen-bond donors (Lipinski definition) is 1. The maximum Gasteiger partial charge on any atom is 0.308 e. The number of piperidine rings is 1. The molecule has 0 aliphatic carbocycles. The van der Waals surface area contributed by atoms with Crippen molar-refractivity contribution in [1.82, 2.24) is 9.80 Å². The summed E-state index contributed by atoms with van der Waals surface area (Å²) in [4.78, 5) is 27.8. The van der Waals surface area contributed by atoms with Gasteiger partial charge in [-0.05, 0) is 42.6 Å². The molecule has 0 saturated carbocycles. The fourth-order valence-electron chi connectivity index (χ4n) is 3.37. The van der Waals surface area contributed by atoms with Crippen LogP contribution in [0, 0.1) is 5.92 Å². The summed E-state index contributed by atoms with van der Waals surface area (Å²) in [6, 6.07) is 5.90. The molecule has 1 saturated heterocycles. The first-order chi connectivity index (χ1) is 10.6. The maximum absolute atomic E-state index is 12.6. The number of amides is 1. The number of rotatable bonds is 3. The highest BCUT2D eigenvalue weighted by molar-refractivity contribution is 5.95. The van der Waals surface area contributed by atoms with Gasteiger partial charge in [0.15, 0.2) is 0 Å². The van der Waals surface area contributed by atoms with Crippen molar-refractivity contribution in [3.8, 4) is 0 Å². The smallest absolute Gasteiger partial charge is 0.308 e. The van der Waals surface area contributed by atoms with Crippen LogP contribution in [0.2, 0.25) is 0 Å². The predicted molar refractivity (Wildman–Crippen MR) is 82.5 cm³/mol. The lowest BCUT2D eigenvalue weighted by atomic mass is 9.97. The Bertz CT molecular complexity index is 600. The van der Waals surface area contributed by atoms with Gasteiger partial charge in [0.2, 0.25) is 0 Å². The third-order valence-corrected chi connectivity index (χ3v) is 4.75. The molecule has 0 radical (unpaired) electrons. The molecular weight excluding hydrogens is 280 g/mol. The minimum Gasteiger partial charge on any atom is -0.481 e. The van der Waals surface area contributed by atoms with E-state index in [1.54, 1.807) is 4.90 Å². The lowest BCUT2D eigenvalue weighted by molar-refractivity contribution is -0.143. The molecule has 1 N–H and O–H groups in total. The third-order valence-electron chi connectivity index (χ3n) is 4.75. The van der Waals surface area contributed by atoms with E-state index >= 15 is 0 Å². The zero-order valence-corrected chi connectivity index (χ0v) is 12.9. The van der Waals surface area contributed by atoms with Gasteiger partial charge >= 0.3 is 5.97 Å². The van der Waals surface area contributed by atoms with E-state index < -0.39 is 11.9 Å². The first kappa shape index (κ1) is 15.0. The standard InChI is InChI=1S/C17H22N2O3/c1-2-18-9-13-6-5-12(8-15(13)10-18)16(20)19-7-3-4-14(11-19)17(21)22/h5-6,8,14H,2-4,7,9-11H2,1H3,(H,21,22).